The maximum atomic E-state index is 13.4. The third kappa shape index (κ3) is 4.01. The molecular formula is C21H25N5O2S2. The molecule has 9 heteroatoms. The lowest BCUT2D eigenvalue weighted by atomic mass is 10.2. The van der Waals surface area contributed by atoms with Gasteiger partial charge in [0.1, 0.15) is 15.8 Å². The number of carbonyl (C=O) groups is 1. The Morgan fingerprint density at radius 1 is 1.20 bits per heavy atom. The fourth-order valence-electron chi connectivity index (χ4n) is 3.63. The summed E-state index contributed by atoms with van der Waals surface area (Å²) >= 11 is 6.68. The molecule has 0 radical (unpaired) electrons. The molecule has 0 N–H and O–H groups in total. The summed E-state index contributed by atoms with van der Waals surface area (Å²) in [4.78, 5) is 37.6. The summed E-state index contributed by atoms with van der Waals surface area (Å²) in [6, 6.07) is 5.50. The number of thiocarbonyl (C=S) groups is 1. The Morgan fingerprint density at radius 2 is 1.93 bits per heavy atom. The first-order valence-corrected chi connectivity index (χ1v) is 11.3. The lowest BCUT2D eigenvalue weighted by Gasteiger charge is -2.34. The van der Waals surface area contributed by atoms with Gasteiger partial charge in [0.25, 0.3) is 11.5 Å². The second kappa shape index (κ2) is 8.49. The standard InChI is InChI=1S/C21H25N5O2S2/c1-14(2)13-26-20(28)16(30-21(26)29)12-15-18(24-10-8-23(3)9-11-24)22-17-6-4-5-7-25(17)19(15)27/h4-7,12,14H,8-11,13H2,1-3H3. The van der Waals surface area contributed by atoms with Gasteiger partial charge in [0.2, 0.25) is 0 Å². The van der Waals surface area contributed by atoms with E-state index in [0.29, 0.717) is 38.7 Å². The zero-order valence-corrected chi connectivity index (χ0v) is 19.0. The van der Waals surface area contributed by atoms with Crippen molar-refractivity contribution in [3.63, 3.8) is 0 Å². The molecular weight excluding hydrogens is 418 g/mol. The Kier molecular flexibility index (Phi) is 5.95. The van der Waals surface area contributed by atoms with Crippen molar-refractivity contribution in [2.45, 2.75) is 13.8 Å². The van der Waals surface area contributed by atoms with E-state index in [0.717, 1.165) is 26.2 Å². The predicted octanol–water partition coefficient (Wildman–Crippen LogP) is 2.30. The number of thioether (sulfide) groups is 1. The van der Waals surface area contributed by atoms with Crippen molar-refractivity contribution in [3.05, 3.63) is 45.2 Å². The molecule has 0 aliphatic carbocycles. The Labute approximate surface area is 185 Å². The SMILES string of the molecule is CC(C)CN1C(=O)C(=Cc2c(N3CCN(C)CC3)nc3ccccn3c2=O)SC1=S. The lowest BCUT2D eigenvalue weighted by Crippen LogP contribution is -2.45. The Bertz CT molecular complexity index is 1090. The maximum absolute atomic E-state index is 13.4. The van der Waals surface area contributed by atoms with Crippen molar-refractivity contribution in [1.82, 2.24) is 19.2 Å². The van der Waals surface area contributed by atoms with Crippen LogP contribution in [-0.4, -0.2) is 69.2 Å². The molecule has 0 bridgehead atoms. The van der Waals surface area contributed by atoms with Gasteiger partial charge in [-0.05, 0) is 31.2 Å². The number of carbonyl (C=O) groups excluding carboxylic acids is 1. The van der Waals surface area contributed by atoms with Crippen LogP contribution in [0.4, 0.5) is 5.82 Å². The summed E-state index contributed by atoms with van der Waals surface area (Å²) in [5.74, 6) is 0.801. The molecule has 2 aromatic rings. The largest absolute Gasteiger partial charge is 0.353 e. The number of anilines is 1. The van der Waals surface area contributed by atoms with E-state index in [1.165, 1.54) is 16.2 Å². The van der Waals surface area contributed by atoms with Crippen LogP contribution in [0, 0.1) is 5.92 Å². The molecule has 7 nitrogen and oxygen atoms in total. The van der Waals surface area contributed by atoms with Crippen molar-refractivity contribution in [2.24, 2.45) is 5.92 Å². The van der Waals surface area contributed by atoms with Crippen LogP contribution in [0.2, 0.25) is 0 Å². The lowest BCUT2D eigenvalue weighted by molar-refractivity contribution is -0.122. The molecule has 0 spiro atoms. The number of pyridine rings is 1. The number of fused-ring (bicyclic) bond motifs is 1. The van der Waals surface area contributed by atoms with Crippen LogP contribution in [0.5, 0.6) is 0 Å². The molecule has 158 valence electrons. The zero-order valence-electron chi connectivity index (χ0n) is 17.4. The summed E-state index contributed by atoms with van der Waals surface area (Å²) in [5, 5.41) is 0. The van der Waals surface area contributed by atoms with Crippen LogP contribution in [0.3, 0.4) is 0 Å². The van der Waals surface area contributed by atoms with E-state index < -0.39 is 0 Å². The van der Waals surface area contributed by atoms with Crippen LogP contribution in [-0.2, 0) is 4.79 Å². The van der Waals surface area contributed by atoms with Crippen molar-refractivity contribution in [2.75, 3.05) is 44.7 Å². The van der Waals surface area contributed by atoms with Gasteiger partial charge in [0.15, 0.2) is 0 Å². The second-order valence-electron chi connectivity index (χ2n) is 8.06. The third-order valence-electron chi connectivity index (χ3n) is 5.25. The molecule has 2 fully saturated rings. The molecule has 1 amide bonds. The van der Waals surface area contributed by atoms with Gasteiger partial charge in [-0.25, -0.2) is 4.98 Å². The van der Waals surface area contributed by atoms with E-state index in [2.05, 4.69) is 16.8 Å². The summed E-state index contributed by atoms with van der Waals surface area (Å²) in [6.45, 7) is 8.02. The topological polar surface area (TPSA) is 61.2 Å². The Hall–Kier alpha value is -2.23. The molecule has 4 rings (SSSR count). The number of aromatic nitrogens is 2. The van der Waals surface area contributed by atoms with E-state index in [9.17, 15) is 9.59 Å². The van der Waals surface area contributed by atoms with E-state index in [4.69, 9.17) is 17.2 Å². The molecule has 0 saturated carbocycles. The highest BCUT2D eigenvalue weighted by molar-refractivity contribution is 8.26. The number of hydrogen-bond acceptors (Lipinski definition) is 7. The van der Waals surface area contributed by atoms with Crippen LogP contribution in [0.15, 0.2) is 34.1 Å². The molecule has 2 aliphatic heterocycles. The van der Waals surface area contributed by atoms with Crippen LogP contribution in [0.1, 0.15) is 19.4 Å². The first-order valence-electron chi connectivity index (χ1n) is 10.1. The fourth-order valence-corrected chi connectivity index (χ4v) is 4.89. The van der Waals surface area contributed by atoms with E-state index in [1.54, 1.807) is 23.2 Å². The highest BCUT2D eigenvalue weighted by atomic mass is 32.2. The highest BCUT2D eigenvalue weighted by Gasteiger charge is 2.33. The smallest absolute Gasteiger partial charge is 0.267 e. The summed E-state index contributed by atoms with van der Waals surface area (Å²) in [6.07, 6.45) is 3.39. The van der Waals surface area contributed by atoms with Crippen molar-refractivity contribution in [3.8, 4) is 0 Å². The molecule has 0 unspecified atom stereocenters. The molecule has 0 atom stereocenters. The third-order valence-corrected chi connectivity index (χ3v) is 6.63. The highest BCUT2D eigenvalue weighted by Crippen LogP contribution is 2.34. The Balaban J connectivity index is 1.81. The van der Waals surface area contributed by atoms with E-state index in [1.807, 2.05) is 26.0 Å². The monoisotopic (exact) mass is 443 g/mol. The minimum absolute atomic E-state index is 0.138. The van der Waals surface area contributed by atoms with Gasteiger partial charge in [0, 0.05) is 38.9 Å². The number of hydrogen-bond donors (Lipinski definition) is 0. The minimum Gasteiger partial charge on any atom is -0.353 e. The first-order chi connectivity index (χ1) is 14.3. The van der Waals surface area contributed by atoms with Gasteiger partial charge in [0.05, 0.1) is 10.5 Å². The minimum atomic E-state index is -0.177. The molecule has 2 aromatic heterocycles. The molecule has 4 heterocycles. The van der Waals surface area contributed by atoms with Crippen LogP contribution < -0.4 is 10.5 Å². The summed E-state index contributed by atoms with van der Waals surface area (Å²) < 4.78 is 2.07. The zero-order chi connectivity index (χ0) is 21.4. The fraction of sp³-hybridized carbons (Fsp3) is 0.429. The van der Waals surface area contributed by atoms with Crippen molar-refractivity contribution < 1.29 is 4.79 Å². The van der Waals surface area contributed by atoms with E-state index >= 15 is 0 Å². The van der Waals surface area contributed by atoms with Crippen molar-refractivity contribution >= 4 is 51.7 Å². The molecule has 2 saturated heterocycles. The first kappa shape index (κ1) is 21.0. The average Bonchev–Trinajstić information content (AvgIpc) is 2.97. The number of nitrogens with zero attached hydrogens (tertiary/aromatic N) is 5. The second-order valence-corrected chi connectivity index (χ2v) is 9.74. The van der Waals surface area contributed by atoms with Crippen LogP contribution >= 0.6 is 24.0 Å². The van der Waals surface area contributed by atoms with Gasteiger partial charge in [-0.2, -0.15) is 0 Å². The molecule has 2 aliphatic rings. The van der Waals surface area contributed by atoms with Crippen molar-refractivity contribution in [1.29, 1.82) is 0 Å². The number of likely N-dealkylation sites (N-methyl/N-ethyl adjacent to an activating group) is 1. The predicted molar refractivity (Wildman–Crippen MR) is 126 cm³/mol. The molecule has 30 heavy (non-hydrogen) atoms. The number of rotatable bonds is 4. The normalized spacial score (nSPS) is 19.7. The maximum Gasteiger partial charge on any atom is 0.267 e. The summed E-state index contributed by atoms with van der Waals surface area (Å²) in [7, 11) is 2.08. The summed E-state index contributed by atoms with van der Waals surface area (Å²) in [5.41, 5.74) is 0.859. The van der Waals surface area contributed by atoms with Gasteiger partial charge >= 0.3 is 0 Å². The average molecular weight is 444 g/mol. The van der Waals surface area contributed by atoms with E-state index in [-0.39, 0.29) is 11.5 Å². The Morgan fingerprint density at radius 3 is 2.63 bits per heavy atom. The number of amides is 1. The van der Waals surface area contributed by atoms with Gasteiger partial charge in [-0.1, -0.05) is 43.9 Å². The van der Waals surface area contributed by atoms with Gasteiger partial charge < -0.3 is 9.80 Å². The number of piperazine rings is 1. The molecule has 0 aromatic carbocycles. The van der Waals surface area contributed by atoms with Crippen LogP contribution in [0.25, 0.3) is 11.7 Å². The van der Waals surface area contributed by atoms with Gasteiger partial charge in [-0.3, -0.25) is 18.9 Å². The quantitative estimate of drug-likeness (QED) is 0.531. The van der Waals surface area contributed by atoms with Gasteiger partial charge in [-0.15, -0.1) is 0 Å².